The molecule has 1 aliphatic heterocycles. The highest BCUT2D eigenvalue weighted by molar-refractivity contribution is 7.87. The summed E-state index contributed by atoms with van der Waals surface area (Å²) in [4.78, 5) is 0. The zero-order chi connectivity index (χ0) is 12.5. The molecule has 0 bridgehead atoms. The SMILES string of the molecule is CCN1CCN(CCn2cc(N)cn2)S1(=O)=O. The molecule has 96 valence electrons. The first-order chi connectivity index (χ1) is 8.04. The molecule has 8 heteroatoms. The molecule has 1 aliphatic rings. The highest BCUT2D eigenvalue weighted by Crippen LogP contribution is 2.15. The average Bonchev–Trinajstić information content (AvgIpc) is 2.79. The predicted molar refractivity (Wildman–Crippen MR) is 64.4 cm³/mol. The van der Waals surface area contributed by atoms with Gasteiger partial charge in [0.2, 0.25) is 0 Å². The third-order valence-electron chi connectivity index (χ3n) is 2.84. The van der Waals surface area contributed by atoms with E-state index in [-0.39, 0.29) is 0 Å². The van der Waals surface area contributed by atoms with E-state index in [1.54, 1.807) is 17.1 Å². The molecular weight excluding hydrogens is 242 g/mol. The summed E-state index contributed by atoms with van der Waals surface area (Å²) in [5.41, 5.74) is 6.12. The Morgan fingerprint density at radius 3 is 2.59 bits per heavy atom. The van der Waals surface area contributed by atoms with Crippen LogP contribution in [0.15, 0.2) is 12.4 Å². The number of hydrogen-bond acceptors (Lipinski definition) is 4. The van der Waals surface area contributed by atoms with E-state index in [0.29, 0.717) is 38.4 Å². The van der Waals surface area contributed by atoms with Crippen molar-refractivity contribution in [3.05, 3.63) is 12.4 Å². The van der Waals surface area contributed by atoms with Crippen LogP contribution in [-0.2, 0) is 16.8 Å². The molecule has 0 amide bonds. The third-order valence-corrected chi connectivity index (χ3v) is 4.95. The second kappa shape index (κ2) is 4.63. The van der Waals surface area contributed by atoms with Crippen molar-refractivity contribution in [3.63, 3.8) is 0 Å². The van der Waals surface area contributed by atoms with Gasteiger partial charge in [0, 0.05) is 32.4 Å². The molecular formula is C9H17N5O2S. The lowest BCUT2D eigenvalue weighted by Gasteiger charge is -2.17. The Labute approximate surface area is 101 Å². The van der Waals surface area contributed by atoms with Crippen molar-refractivity contribution < 1.29 is 8.42 Å². The summed E-state index contributed by atoms with van der Waals surface area (Å²) in [6.07, 6.45) is 3.25. The molecule has 0 aromatic carbocycles. The normalized spacial score (nSPS) is 21.0. The lowest BCUT2D eigenvalue weighted by Crippen LogP contribution is -2.34. The molecule has 17 heavy (non-hydrogen) atoms. The van der Waals surface area contributed by atoms with E-state index in [1.807, 2.05) is 6.92 Å². The van der Waals surface area contributed by atoms with Gasteiger partial charge < -0.3 is 5.73 Å². The molecule has 1 aromatic rings. The van der Waals surface area contributed by atoms with E-state index >= 15 is 0 Å². The minimum absolute atomic E-state index is 0.431. The first-order valence-corrected chi connectivity index (χ1v) is 6.97. The number of likely N-dealkylation sites (N-methyl/N-ethyl adjacent to an activating group) is 1. The van der Waals surface area contributed by atoms with E-state index in [2.05, 4.69) is 5.10 Å². The monoisotopic (exact) mass is 259 g/mol. The maximum atomic E-state index is 11.9. The van der Waals surface area contributed by atoms with E-state index in [9.17, 15) is 8.42 Å². The van der Waals surface area contributed by atoms with Crippen LogP contribution in [0, 0.1) is 0 Å². The van der Waals surface area contributed by atoms with Crippen molar-refractivity contribution in [2.75, 3.05) is 31.9 Å². The second-order valence-corrected chi connectivity index (χ2v) is 5.86. The topological polar surface area (TPSA) is 84.5 Å². The Hall–Kier alpha value is -1.12. The smallest absolute Gasteiger partial charge is 0.282 e. The molecule has 1 saturated heterocycles. The van der Waals surface area contributed by atoms with Gasteiger partial charge in [0.05, 0.1) is 18.4 Å². The summed E-state index contributed by atoms with van der Waals surface area (Å²) >= 11 is 0. The van der Waals surface area contributed by atoms with Crippen LogP contribution in [-0.4, -0.2) is 53.0 Å². The van der Waals surface area contributed by atoms with E-state index in [4.69, 9.17) is 5.73 Å². The maximum Gasteiger partial charge on any atom is 0.282 e. The van der Waals surface area contributed by atoms with Crippen molar-refractivity contribution in [1.82, 2.24) is 18.4 Å². The summed E-state index contributed by atoms with van der Waals surface area (Å²) in [7, 11) is -3.25. The van der Waals surface area contributed by atoms with Gasteiger partial charge in [0.25, 0.3) is 10.2 Å². The van der Waals surface area contributed by atoms with Crippen LogP contribution in [0.25, 0.3) is 0 Å². The van der Waals surface area contributed by atoms with Crippen LogP contribution >= 0.6 is 0 Å². The number of nitrogen functional groups attached to an aromatic ring is 1. The molecule has 1 fully saturated rings. The van der Waals surface area contributed by atoms with Gasteiger partial charge in [-0.15, -0.1) is 0 Å². The number of hydrogen-bond donors (Lipinski definition) is 1. The minimum Gasteiger partial charge on any atom is -0.396 e. The fraction of sp³-hybridized carbons (Fsp3) is 0.667. The van der Waals surface area contributed by atoms with Gasteiger partial charge in [-0.1, -0.05) is 6.92 Å². The summed E-state index contributed by atoms with van der Waals surface area (Å²) < 4.78 is 28.5. The molecule has 0 aliphatic carbocycles. The number of nitrogens with zero attached hydrogens (tertiary/aromatic N) is 4. The first kappa shape index (κ1) is 12.3. The van der Waals surface area contributed by atoms with Gasteiger partial charge in [0.1, 0.15) is 0 Å². The van der Waals surface area contributed by atoms with Crippen LogP contribution in [0.1, 0.15) is 6.92 Å². The van der Waals surface area contributed by atoms with E-state index in [1.165, 1.54) is 8.61 Å². The largest absolute Gasteiger partial charge is 0.396 e. The molecule has 0 unspecified atom stereocenters. The lowest BCUT2D eigenvalue weighted by molar-refractivity contribution is 0.413. The highest BCUT2D eigenvalue weighted by Gasteiger charge is 2.34. The predicted octanol–water partition coefficient (Wildman–Crippen LogP) is -0.652. The Morgan fingerprint density at radius 2 is 2.06 bits per heavy atom. The molecule has 0 saturated carbocycles. The fourth-order valence-electron chi connectivity index (χ4n) is 1.88. The minimum atomic E-state index is -3.25. The van der Waals surface area contributed by atoms with E-state index in [0.717, 1.165) is 0 Å². The molecule has 7 nitrogen and oxygen atoms in total. The summed E-state index contributed by atoms with van der Waals surface area (Å²) in [5.74, 6) is 0. The molecule has 0 atom stereocenters. The summed E-state index contributed by atoms with van der Waals surface area (Å²) in [6.45, 7) is 4.43. The standard InChI is InChI=1S/C9H17N5O2S/c1-2-13-5-6-14(17(13,15)16)4-3-12-8-9(10)7-11-12/h7-8H,2-6,10H2,1H3. The van der Waals surface area contributed by atoms with Gasteiger partial charge in [-0.05, 0) is 0 Å². The molecule has 1 aromatic heterocycles. The molecule has 0 radical (unpaired) electrons. The molecule has 2 heterocycles. The first-order valence-electron chi connectivity index (χ1n) is 5.57. The average molecular weight is 259 g/mol. The number of aromatic nitrogens is 2. The van der Waals surface area contributed by atoms with Crippen LogP contribution in [0.3, 0.4) is 0 Å². The van der Waals surface area contributed by atoms with Gasteiger partial charge in [0.15, 0.2) is 0 Å². The quantitative estimate of drug-likeness (QED) is 0.778. The Kier molecular flexibility index (Phi) is 3.36. The van der Waals surface area contributed by atoms with Gasteiger partial charge in [-0.2, -0.15) is 22.1 Å². The van der Waals surface area contributed by atoms with Gasteiger partial charge in [-0.25, -0.2) is 0 Å². The van der Waals surface area contributed by atoms with Crippen molar-refractivity contribution in [2.45, 2.75) is 13.5 Å². The van der Waals surface area contributed by atoms with E-state index < -0.39 is 10.2 Å². The van der Waals surface area contributed by atoms with Gasteiger partial charge >= 0.3 is 0 Å². The van der Waals surface area contributed by atoms with Crippen molar-refractivity contribution in [2.24, 2.45) is 0 Å². The highest BCUT2D eigenvalue weighted by atomic mass is 32.2. The van der Waals surface area contributed by atoms with Crippen LogP contribution in [0.5, 0.6) is 0 Å². The summed E-state index contributed by atoms with van der Waals surface area (Å²) in [6, 6.07) is 0. The summed E-state index contributed by atoms with van der Waals surface area (Å²) in [5, 5.41) is 4.02. The van der Waals surface area contributed by atoms with Crippen LogP contribution in [0.4, 0.5) is 5.69 Å². The maximum absolute atomic E-state index is 11.9. The Morgan fingerprint density at radius 1 is 1.35 bits per heavy atom. The molecule has 2 rings (SSSR count). The molecule has 2 N–H and O–H groups in total. The zero-order valence-electron chi connectivity index (χ0n) is 9.78. The Balaban J connectivity index is 1.97. The van der Waals surface area contributed by atoms with Crippen LogP contribution < -0.4 is 5.73 Å². The van der Waals surface area contributed by atoms with Gasteiger partial charge in [-0.3, -0.25) is 4.68 Å². The lowest BCUT2D eigenvalue weighted by atomic mass is 10.5. The number of nitrogens with two attached hydrogens (primary N) is 1. The van der Waals surface area contributed by atoms with Crippen molar-refractivity contribution in [1.29, 1.82) is 0 Å². The van der Waals surface area contributed by atoms with Crippen molar-refractivity contribution in [3.8, 4) is 0 Å². The number of anilines is 1. The van der Waals surface area contributed by atoms with Crippen molar-refractivity contribution >= 4 is 15.9 Å². The molecule has 0 spiro atoms. The fourth-order valence-corrected chi connectivity index (χ4v) is 3.47. The zero-order valence-corrected chi connectivity index (χ0v) is 10.6. The second-order valence-electron chi connectivity index (χ2n) is 3.94. The number of rotatable bonds is 4. The third kappa shape index (κ3) is 2.43. The Bertz CT molecular complexity index is 483. The van der Waals surface area contributed by atoms with Crippen LogP contribution in [0.2, 0.25) is 0 Å².